The van der Waals surface area contributed by atoms with Crippen LogP contribution in [-0.2, 0) is 4.74 Å². The van der Waals surface area contributed by atoms with Crippen LogP contribution in [0.15, 0.2) is 12.2 Å². The Morgan fingerprint density at radius 2 is 2.25 bits per heavy atom. The topological polar surface area (TPSA) is 9.23 Å². The zero-order valence-corrected chi connectivity index (χ0v) is 4.84. The third-order valence-electron chi connectivity index (χ3n) is 1.94. The van der Waals surface area contributed by atoms with E-state index in [0.717, 1.165) is 12.5 Å². The van der Waals surface area contributed by atoms with Crippen molar-refractivity contribution in [2.24, 2.45) is 5.92 Å². The van der Waals surface area contributed by atoms with Gasteiger partial charge in [-0.05, 0) is 12.8 Å². The first-order chi connectivity index (χ1) is 3.95. The molecule has 1 saturated heterocycles. The molecule has 2 aliphatic heterocycles. The molecule has 0 amide bonds. The van der Waals surface area contributed by atoms with E-state index in [4.69, 9.17) is 4.74 Å². The van der Waals surface area contributed by atoms with Crippen LogP contribution in [0.4, 0.5) is 0 Å². The SMILES string of the molecule is C1=C[C@@H]2CC[C@H]1CO2. The molecule has 1 fully saturated rings. The molecule has 0 aromatic heterocycles. The largest absolute Gasteiger partial charge is 0.374 e. The minimum atomic E-state index is 0.472. The normalized spacial score (nSPS) is 43.0. The standard InChI is InChI=1S/C7H10O/c1-3-7-4-2-6(1)5-8-7/h1,3,6-7H,2,4-5H2/t6-,7+/m0/s1. The lowest BCUT2D eigenvalue weighted by atomic mass is 9.92. The molecule has 0 spiro atoms. The van der Waals surface area contributed by atoms with E-state index in [1.54, 1.807) is 0 Å². The Kier molecular flexibility index (Phi) is 0.908. The molecule has 1 aliphatic carbocycles. The van der Waals surface area contributed by atoms with E-state index < -0.39 is 0 Å². The molecular weight excluding hydrogens is 100 g/mol. The van der Waals surface area contributed by atoms with Gasteiger partial charge >= 0.3 is 0 Å². The smallest absolute Gasteiger partial charge is 0.0756 e. The minimum Gasteiger partial charge on any atom is -0.374 e. The molecule has 2 atom stereocenters. The van der Waals surface area contributed by atoms with Gasteiger partial charge in [-0.25, -0.2) is 0 Å². The number of ether oxygens (including phenoxy) is 1. The number of rotatable bonds is 0. The maximum Gasteiger partial charge on any atom is 0.0756 e. The van der Waals surface area contributed by atoms with E-state index in [0.29, 0.717) is 6.10 Å². The Bertz CT molecular complexity index is 95.6. The van der Waals surface area contributed by atoms with Crippen LogP contribution in [-0.4, -0.2) is 12.7 Å². The van der Waals surface area contributed by atoms with Crippen molar-refractivity contribution in [3.8, 4) is 0 Å². The molecule has 0 saturated carbocycles. The summed E-state index contributed by atoms with van der Waals surface area (Å²) in [6.45, 7) is 0.973. The molecule has 3 rings (SSSR count). The van der Waals surface area contributed by atoms with Crippen molar-refractivity contribution in [3.05, 3.63) is 12.2 Å². The van der Waals surface area contributed by atoms with E-state index in [1.807, 2.05) is 0 Å². The first-order valence-electron chi connectivity index (χ1n) is 3.25. The summed E-state index contributed by atoms with van der Waals surface area (Å²) in [5.41, 5.74) is 0. The average molecular weight is 110 g/mol. The third-order valence-corrected chi connectivity index (χ3v) is 1.94. The summed E-state index contributed by atoms with van der Waals surface area (Å²) in [6.07, 6.45) is 7.55. The van der Waals surface area contributed by atoms with Crippen LogP contribution in [0.5, 0.6) is 0 Å². The van der Waals surface area contributed by atoms with Crippen LogP contribution in [0.1, 0.15) is 12.8 Å². The summed E-state index contributed by atoms with van der Waals surface area (Å²) in [7, 11) is 0. The van der Waals surface area contributed by atoms with Gasteiger partial charge in [0.05, 0.1) is 12.7 Å². The zero-order valence-electron chi connectivity index (χ0n) is 4.84. The third kappa shape index (κ3) is 0.583. The summed E-state index contributed by atoms with van der Waals surface area (Å²) in [5, 5.41) is 0. The molecule has 2 heterocycles. The Hall–Kier alpha value is -0.300. The molecule has 1 nitrogen and oxygen atoms in total. The second kappa shape index (κ2) is 1.59. The lowest BCUT2D eigenvalue weighted by molar-refractivity contribution is 0.0116. The monoisotopic (exact) mass is 110 g/mol. The quantitative estimate of drug-likeness (QED) is 0.428. The van der Waals surface area contributed by atoms with Crippen LogP contribution in [0, 0.1) is 5.92 Å². The molecule has 2 bridgehead atoms. The molecule has 0 aromatic carbocycles. The molecule has 3 aliphatic rings. The molecular formula is C7H10O. The molecule has 44 valence electrons. The Balaban J connectivity index is 2.20. The molecule has 0 radical (unpaired) electrons. The van der Waals surface area contributed by atoms with Crippen LogP contribution in [0.3, 0.4) is 0 Å². The van der Waals surface area contributed by atoms with Crippen LogP contribution < -0.4 is 0 Å². The van der Waals surface area contributed by atoms with Crippen molar-refractivity contribution in [3.63, 3.8) is 0 Å². The predicted molar refractivity (Wildman–Crippen MR) is 31.6 cm³/mol. The van der Waals surface area contributed by atoms with Crippen molar-refractivity contribution >= 4 is 0 Å². The summed E-state index contributed by atoms with van der Waals surface area (Å²) in [5.74, 6) is 0.750. The zero-order chi connectivity index (χ0) is 5.40. The van der Waals surface area contributed by atoms with E-state index in [-0.39, 0.29) is 0 Å². The van der Waals surface area contributed by atoms with Crippen molar-refractivity contribution in [1.82, 2.24) is 0 Å². The van der Waals surface area contributed by atoms with Crippen molar-refractivity contribution < 1.29 is 4.74 Å². The Morgan fingerprint density at radius 1 is 1.25 bits per heavy atom. The fourth-order valence-electron chi connectivity index (χ4n) is 1.38. The van der Waals surface area contributed by atoms with Gasteiger partial charge in [0.1, 0.15) is 0 Å². The van der Waals surface area contributed by atoms with Gasteiger partial charge in [-0.1, -0.05) is 12.2 Å². The fraction of sp³-hybridized carbons (Fsp3) is 0.714. The fourth-order valence-corrected chi connectivity index (χ4v) is 1.38. The lowest BCUT2D eigenvalue weighted by Gasteiger charge is -2.30. The second-order valence-electron chi connectivity index (χ2n) is 2.59. The van der Waals surface area contributed by atoms with Crippen molar-refractivity contribution in [2.75, 3.05) is 6.61 Å². The van der Waals surface area contributed by atoms with Crippen LogP contribution in [0.25, 0.3) is 0 Å². The van der Waals surface area contributed by atoms with E-state index in [2.05, 4.69) is 12.2 Å². The minimum absolute atomic E-state index is 0.472. The second-order valence-corrected chi connectivity index (χ2v) is 2.59. The summed E-state index contributed by atoms with van der Waals surface area (Å²) >= 11 is 0. The highest BCUT2D eigenvalue weighted by Gasteiger charge is 2.22. The molecule has 0 N–H and O–H groups in total. The molecule has 0 unspecified atom stereocenters. The Labute approximate surface area is 49.3 Å². The van der Waals surface area contributed by atoms with Crippen molar-refractivity contribution in [1.29, 1.82) is 0 Å². The summed E-state index contributed by atoms with van der Waals surface area (Å²) < 4.78 is 5.39. The van der Waals surface area contributed by atoms with Gasteiger partial charge < -0.3 is 4.74 Å². The first kappa shape index (κ1) is 4.57. The molecule has 1 heteroatoms. The highest BCUT2D eigenvalue weighted by molar-refractivity contribution is 5.02. The van der Waals surface area contributed by atoms with Gasteiger partial charge in [0.2, 0.25) is 0 Å². The Morgan fingerprint density at radius 3 is 2.38 bits per heavy atom. The first-order valence-corrected chi connectivity index (χ1v) is 3.25. The number of hydrogen-bond donors (Lipinski definition) is 0. The highest BCUT2D eigenvalue weighted by Crippen LogP contribution is 2.25. The number of fused-ring (bicyclic) bond motifs is 2. The van der Waals surface area contributed by atoms with E-state index >= 15 is 0 Å². The summed E-state index contributed by atoms with van der Waals surface area (Å²) in [4.78, 5) is 0. The van der Waals surface area contributed by atoms with E-state index in [9.17, 15) is 0 Å². The van der Waals surface area contributed by atoms with Gasteiger partial charge in [0.25, 0.3) is 0 Å². The highest BCUT2D eigenvalue weighted by atomic mass is 16.5. The van der Waals surface area contributed by atoms with Gasteiger partial charge in [0, 0.05) is 5.92 Å². The van der Waals surface area contributed by atoms with E-state index in [1.165, 1.54) is 12.8 Å². The van der Waals surface area contributed by atoms with Crippen LogP contribution >= 0.6 is 0 Å². The predicted octanol–water partition coefficient (Wildman–Crippen LogP) is 1.35. The van der Waals surface area contributed by atoms with Crippen molar-refractivity contribution in [2.45, 2.75) is 18.9 Å². The van der Waals surface area contributed by atoms with Gasteiger partial charge in [-0.3, -0.25) is 0 Å². The van der Waals surface area contributed by atoms with Crippen LogP contribution in [0.2, 0.25) is 0 Å². The van der Waals surface area contributed by atoms with Gasteiger partial charge in [-0.2, -0.15) is 0 Å². The average Bonchev–Trinajstić information content (AvgIpc) is 1.92. The summed E-state index contributed by atoms with van der Waals surface area (Å²) in [6, 6.07) is 0. The van der Waals surface area contributed by atoms with Gasteiger partial charge in [0.15, 0.2) is 0 Å². The number of hydrogen-bond acceptors (Lipinski definition) is 1. The maximum absolute atomic E-state index is 5.39. The lowest BCUT2D eigenvalue weighted by Crippen LogP contribution is -2.27. The molecule has 0 aromatic rings. The van der Waals surface area contributed by atoms with Gasteiger partial charge in [-0.15, -0.1) is 0 Å². The maximum atomic E-state index is 5.39. The molecule has 8 heavy (non-hydrogen) atoms.